The van der Waals surface area contributed by atoms with E-state index in [0.29, 0.717) is 13.1 Å². The predicted octanol–water partition coefficient (Wildman–Crippen LogP) is 2.68. The molecular weight excluding hydrogens is 354 g/mol. The summed E-state index contributed by atoms with van der Waals surface area (Å²) in [7, 11) is 1.61. The molecule has 1 aromatic carbocycles. The predicted molar refractivity (Wildman–Crippen MR) is 111 cm³/mol. The number of likely N-dealkylation sites (tertiary alicyclic amines) is 1. The lowest BCUT2D eigenvalue weighted by Gasteiger charge is -2.30. The third kappa shape index (κ3) is 5.47. The molecule has 0 radical (unpaired) electrons. The smallest absolute Gasteiger partial charge is 0.227 e. The Morgan fingerprint density at radius 2 is 2.00 bits per heavy atom. The molecule has 2 unspecified atom stereocenters. The number of anilines is 1. The fourth-order valence-electron chi connectivity index (χ4n) is 4.20. The molecule has 2 amide bonds. The molecule has 2 atom stereocenters. The molecule has 2 fully saturated rings. The Bertz CT molecular complexity index is 661. The van der Waals surface area contributed by atoms with Crippen molar-refractivity contribution in [1.29, 1.82) is 0 Å². The molecule has 0 aliphatic carbocycles. The summed E-state index contributed by atoms with van der Waals surface area (Å²) in [5.41, 5.74) is 0.817. The Morgan fingerprint density at radius 3 is 2.71 bits per heavy atom. The van der Waals surface area contributed by atoms with E-state index in [1.54, 1.807) is 12.0 Å². The Balaban J connectivity index is 1.37. The Labute approximate surface area is 168 Å². The average molecular weight is 388 g/mol. The van der Waals surface area contributed by atoms with Crippen molar-refractivity contribution in [2.24, 2.45) is 11.8 Å². The lowest BCUT2D eigenvalue weighted by molar-refractivity contribution is -0.126. The summed E-state index contributed by atoms with van der Waals surface area (Å²) in [6.45, 7) is 7.00. The van der Waals surface area contributed by atoms with Crippen LogP contribution in [0.1, 0.15) is 39.0 Å². The van der Waals surface area contributed by atoms with Gasteiger partial charge in [-0.25, -0.2) is 0 Å². The first kappa shape index (κ1) is 20.6. The maximum absolute atomic E-state index is 12.5. The first-order chi connectivity index (χ1) is 13.6. The summed E-state index contributed by atoms with van der Waals surface area (Å²) >= 11 is 0. The van der Waals surface area contributed by atoms with E-state index in [1.807, 2.05) is 24.3 Å². The van der Waals surface area contributed by atoms with E-state index < -0.39 is 0 Å². The number of unbranched alkanes of at least 4 members (excludes halogenated alkanes) is 1. The number of methoxy groups -OCH3 is 1. The van der Waals surface area contributed by atoms with Crippen LogP contribution < -0.4 is 15.0 Å². The van der Waals surface area contributed by atoms with Crippen LogP contribution in [0.25, 0.3) is 0 Å². The van der Waals surface area contributed by atoms with Crippen LogP contribution in [0.2, 0.25) is 0 Å². The van der Waals surface area contributed by atoms with Crippen molar-refractivity contribution in [2.75, 3.05) is 44.7 Å². The number of hydrogen-bond acceptors (Lipinski definition) is 4. The molecule has 3 rings (SSSR count). The Hall–Kier alpha value is -2.08. The standard InChI is InChI=1S/C22H33N3O3/c1-17-6-5-13-24(15-17)12-4-3-11-23-22(27)18-14-21(26)25(16-18)19-7-9-20(28-2)10-8-19/h7-10,17-18H,3-6,11-16H2,1-2H3,(H,23,27). The van der Waals surface area contributed by atoms with Crippen molar-refractivity contribution in [1.82, 2.24) is 10.2 Å². The molecule has 6 heteroatoms. The number of carbonyl (C=O) groups is 2. The molecule has 0 aromatic heterocycles. The van der Waals surface area contributed by atoms with Gasteiger partial charge in [0.1, 0.15) is 5.75 Å². The number of benzene rings is 1. The first-order valence-electron chi connectivity index (χ1n) is 10.5. The lowest BCUT2D eigenvalue weighted by atomic mass is 10.0. The van der Waals surface area contributed by atoms with Gasteiger partial charge in [-0.2, -0.15) is 0 Å². The second kappa shape index (κ2) is 9.92. The van der Waals surface area contributed by atoms with Crippen molar-refractivity contribution in [3.63, 3.8) is 0 Å². The zero-order chi connectivity index (χ0) is 19.9. The van der Waals surface area contributed by atoms with Crippen LogP contribution in [-0.4, -0.2) is 56.5 Å². The van der Waals surface area contributed by atoms with Crippen LogP contribution >= 0.6 is 0 Å². The van der Waals surface area contributed by atoms with Gasteiger partial charge >= 0.3 is 0 Å². The van der Waals surface area contributed by atoms with Gasteiger partial charge in [-0.3, -0.25) is 9.59 Å². The number of ether oxygens (including phenoxy) is 1. The van der Waals surface area contributed by atoms with Gasteiger partial charge in [0.05, 0.1) is 13.0 Å². The molecule has 0 bridgehead atoms. The van der Waals surface area contributed by atoms with Gasteiger partial charge in [0.25, 0.3) is 0 Å². The van der Waals surface area contributed by atoms with Crippen LogP contribution in [0.5, 0.6) is 5.75 Å². The van der Waals surface area contributed by atoms with Crippen LogP contribution in [0.3, 0.4) is 0 Å². The van der Waals surface area contributed by atoms with Crippen molar-refractivity contribution in [3.8, 4) is 5.75 Å². The fourth-order valence-corrected chi connectivity index (χ4v) is 4.20. The molecule has 1 N–H and O–H groups in total. The second-order valence-corrected chi connectivity index (χ2v) is 8.15. The van der Waals surface area contributed by atoms with E-state index in [0.717, 1.165) is 36.7 Å². The van der Waals surface area contributed by atoms with Gasteiger partial charge in [0.2, 0.25) is 11.8 Å². The molecule has 6 nitrogen and oxygen atoms in total. The Morgan fingerprint density at radius 1 is 1.21 bits per heavy atom. The average Bonchev–Trinajstić information content (AvgIpc) is 3.09. The summed E-state index contributed by atoms with van der Waals surface area (Å²) in [5, 5.41) is 3.03. The van der Waals surface area contributed by atoms with Gasteiger partial charge in [0.15, 0.2) is 0 Å². The van der Waals surface area contributed by atoms with Crippen molar-refractivity contribution in [3.05, 3.63) is 24.3 Å². The highest BCUT2D eigenvalue weighted by Crippen LogP contribution is 2.27. The number of hydrogen-bond donors (Lipinski definition) is 1. The van der Waals surface area contributed by atoms with E-state index >= 15 is 0 Å². The molecule has 28 heavy (non-hydrogen) atoms. The summed E-state index contributed by atoms with van der Waals surface area (Å²) in [6, 6.07) is 7.38. The van der Waals surface area contributed by atoms with E-state index in [1.165, 1.54) is 25.9 Å². The number of amides is 2. The Kier molecular flexibility index (Phi) is 7.31. The van der Waals surface area contributed by atoms with E-state index in [9.17, 15) is 9.59 Å². The molecule has 2 heterocycles. The monoisotopic (exact) mass is 387 g/mol. The van der Waals surface area contributed by atoms with Crippen molar-refractivity contribution in [2.45, 2.75) is 39.0 Å². The molecule has 2 saturated heterocycles. The van der Waals surface area contributed by atoms with Crippen LogP contribution in [0, 0.1) is 11.8 Å². The fraction of sp³-hybridized carbons (Fsp3) is 0.636. The van der Waals surface area contributed by atoms with E-state index in [2.05, 4.69) is 17.1 Å². The van der Waals surface area contributed by atoms with Gasteiger partial charge in [0, 0.05) is 31.7 Å². The molecule has 154 valence electrons. The van der Waals surface area contributed by atoms with Crippen LogP contribution in [0.4, 0.5) is 5.69 Å². The highest BCUT2D eigenvalue weighted by atomic mass is 16.5. The number of rotatable bonds is 8. The van der Waals surface area contributed by atoms with E-state index in [4.69, 9.17) is 4.74 Å². The summed E-state index contributed by atoms with van der Waals surface area (Å²) < 4.78 is 5.16. The van der Waals surface area contributed by atoms with Crippen molar-refractivity contribution >= 4 is 17.5 Å². The summed E-state index contributed by atoms with van der Waals surface area (Å²) in [4.78, 5) is 29.0. The maximum Gasteiger partial charge on any atom is 0.227 e. The van der Waals surface area contributed by atoms with Gasteiger partial charge < -0.3 is 19.9 Å². The third-order valence-electron chi connectivity index (χ3n) is 5.82. The maximum atomic E-state index is 12.5. The highest BCUT2D eigenvalue weighted by molar-refractivity contribution is 6.00. The molecule has 0 saturated carbocycles. The molecule has 2 aliphatic rings. The molecule has 0 spiro atoms. The van der Waals surface area contributed by atoms with Crippen molar-refractivity contribution < 1.29 is 14.3 Å². The zero-order valence-corrected chi connectivity index (χ0v) is 17.2. The quantitative estimate of drug-likeness (QED) is 0.697. The molecule has 2 aliphatic heterocycles. The molecular formula is C22H33N3O3. The van der Waals surface area contributed by atoms with Gasteiger partial charge in [-0.05, 0) is 69.0 Å². The number of piperidine rings is 1. The lowest BCUT2D eigenvalue weighted by Crippen LogP contribution is -2.36. The minimum absolute atomic E-state index is 0.00374. The number of carbonyl (C=O) groups excluding carboxylic acids is 2. The van der Waals surface area contributed by atoms with Gasteiger partial charge in [-0.1, -0.05) is 6.92 Å². The van der Waals surface area contributed by atoms with Crippen LogP contribution in [-0.2, 0) is 9.59 Å². The summed E-state index contributed by atoms with van der Waals surface area (Å²) in [5.74, 6) is 1.30. The van der Waals surface area contributed by atoms with Crippen LogP contribution in [0.15, 0.2) is 24.3 Å². The largest absolute Gasteiger partial charge is 0.497 e. The van der Waals surface area contributed by atoms with E-state index in [-0.39, 0.29) is 24.2 Å². The topological polar surface area (TPSA) is 61.9 Å². The van der Waals surface area contributed by atoms with Gasteiger partial charge in [-0.15, -0.1) is 0 Å². The second-order valence-electron chi connectivity index (χ2n) is 8.15. The SMILES string of the molecule is COc1ccc(N2CC(C(=O)NCCCCN3CCCC(C)C3)CC2=O)cc1. The summed E-state index contributed by atoms with van der Waals surface area (Å²) in [6.07, 6.45) is 5.02. The third-order valence-corrected chi connectivity index (χ3v) is 5.82. The zero-order valence-electron chi connectivity index (χ0n) is 17.2. The highest BCUT2D eigenvalue weighted by Gasteiger charge is 2.34. The normalized spacial score (nSPS) is 23.1. The number of nitrogens with zero attached hydrogens (tertiary/aromatic N) is 2. The number of nitrogens with one attached hydrogen (secondary N) is 1. The minimum Gasteiger partial charge on any atom is -0.497 e. The molecule has 1 aromatic rings. The first-order valence-corrected chi connectivity index (χ1v) is 10.5. The minimum atomic E-state index is -0.266.